The van der Waals surface area contributed by atoms with Crippen molar-refractivity contribution in [3.63, 3.8) is 0 Å². The summed E-state index contributed by atoms with van der Waals surface area (Å²) in [5, 5.41) is 12.6. The van der Waals surface area contributed by atoms with Crippen molar-refractivity contribution in [1.29, 1.82) is 0 Å². The SMILES string of the molecule is CCCNCc1ccn(Cc2c(Br)c(CC)nn2CC)n1. The van der Waals surface area contributed by atoms with Crippen LogP contribution in [0.1, 0.15) is 44.3 Å². The van der Waals surface area contributed by atoms with Gasteiger partial charge in [0.2, 0.25) is 0 Å². The van der Waals surface area contributed by atoms with E-state index in [1.165, 1.54) is 5.69 Å². The van der Waals surface area contributed by atoms with Gasteiger partial charge in [0.1, 0.15) is 0 Å². The summed E-state index contributed by atoms with van der Waals surface area (Å²) in [4.78, 5) is 0. The standard InChI is InChI=1S/C15H24BrN5/c1-4-8-17-10-12-7-9-20(18-12)11-14-15(16)13(5-2)19-21(14)6-3/h7,9,17H,4-6,8,10-11H2,1-3H3. The maximum Gasteiger partial charge on any atom is 0.0839 e. The molecule has 0 saturated carbocycles. The Bertz CT molecular complexity index is 573. The summed E-state index contributed by atoms with van der Waals surface area (Å²) in [6, 6.07) is 2.07. The lowest BCUT2D eigenvalue weighted by Gasteiger charge is -2.06. The van der Waals surface area contributed by atoms with Gasteiger partial charge in [-0.15, -0.1) is 0 Å². The van der Waals surface area contributed by atoms with Crippen molar-refractivity contribution >= 4 is 15.9 Å². The zero-order chi connectivity index (χ0) is 15.2. The molecule has 0 aliphatic heterocycles. The number of aromatic nitrogens is 4. The van der Waals surface area contributed by atoms with E-state index in [-0.39, 0.29) is 0 Å². The molecule has 116 valence electrons. The van der Waals surface area contributed by atoms with Crippen molar-refractivity contribution in [3.05, 3.63) is 33.8 Å². The zero-order valence-electron chi connectivity index (χ0n) is 13.1. The molecular formula is C15H24BrN5. The number of hydrogen-bond donors (Lipinski definition) is 1. The van der Waals surface area contributed by atoms with Crippen LogP contribution in [0, 0.1) is 0 Å². The molecule has 0 atom stereocenters. The van der Waals surface area contributed by atoms with Crippen LogP contribution in [-0.2, 0) is 26.1 Å². The van der Waals surface area contributed by atoms with Crippen LogP contribution < -0.4 is 5.32 Å². The van der Waals surface area contributed by atoms with Crippen LogP contribution in [0.3, 0.4) is 0 Å². The van der Waals surface area contributed by atoms with E-state index in [1.54, 1.807) is 0 Å². The monoisotopic (exact) mass is 353 g/mol. The average Bonchev–Trinajstić information content (AvgIpc) is 3.05. The fraction of sp³-hybridized carbons (Fsp3) is 0.600. The Morgan fingerprint density at radius 3 is 2.71 bits per heavy atom. The molecule has 2 rings (SSSR count). The largest absolute Gasteiger partial charge is 0.311 e. The van der Waals surface area contributed by atoms with Gasteiger partial charge in [-0.25, -0.2) is 0 Å². The van der Waals surface area contributed by atoms with Gasteiger partial charge in [-0.05, 0) is 48.3 Å². The van der Waals surface area contributed by atoms with E-state index in [2.05, 4.69) is 63.0 Å². The molecular weight excluding hydrogens is 330 g/mol. The minimum absolute atomic E-state index is 0.745. The first-order valence-corrected chi connectivity index (χ1v) is 8.45. The summed E-state index contributed by atoms with van der Waals surface area (Å²) in [5.74, 6) is 0. The molecule has 0 unspecified atom stereocenters. The highest BCUT2D eigenvalue weighted by Gasteiger charge is 2.14. The number of aryl methyl sites for hydroxylation is 2. The predicted molar refractivity (Wildman–Crippen MR) is 88.3 cm³/mol. The van der Waals surface area contributed by atoms with Crippen LogP contribution in [-0.4, -0.2) is 26.1 Å². The van der Waals surface area contributed by atoms with Gasteiger partial charge in [0.15, 0.2) is 0 Å². The van der Waals surface area contributed by atoms with Crippen molar-refractivity contribution < 1.29 is 0 Å². The molecule has 2 aromatic rings. The Hall–Kier alpha value is -1.14. The maximum absolute atomic E-state index is 4.63. The predicted octanol–water partition coefficient (Wildman–Crippen LogP) is 2.97. The second-order valence-corrected chi connectivity index (χ2v) is 5.85. The number of nitrogens with zero attached hydrogens (tertiary/aromatic N) is 4. The molecule has 0 fully saturated rings. The van der Waals surface area contributed by atoms with Crippen LogP contribution in [0.15, 0.2) is 16.7 Å². The van der Waals surface area contributed by atoms with Crippen molar-refractivity contribution in [1.82, 2.24) is 24.9 Å². The smallest absolute Gasteiger partial charge is 0.0839 e. The average molecular weight is 354 g/mol. The summed E-state index contributed by atoms with van der Waals surface area (Å²) >= 11 is 3.68. The second-order valence-electron chi connectivity index (χ2n) is 5.06. The van der Waals surface area contributed by atoms with Crippen LogP contribution in [0.5, 0.6) is 0 Å². The van der Waals surface area contributed by atoms with Crippen LogP contribution in [0.2, 0.25) is 0 Å². The molecule has 0 amide bonds. The van der Waals surface area contributed by atoms with Gasteiger partial charge in [0, 0.05) is 19.3 Å². The molecule has 0 aromatic carbocycles. The Labute approximate surface area is 134 Å². The maximum atomic E-state index is 4.63. The van der Waals surface area contributed by atoms with Gasteiger partial charge in [0.25, 0.3) is 0 Å². The first-order chi connectivity index (χ1) is 10.2. The van der Waals surface area contributed by atoms with E-state index in [1.807, 2.05) is 10.9 Å². The van der Waals surface area contributed by atoms with Gasteiger partial charge < -0.3 is 5.32 Å². The molecule has 2 aromatic heterocycles. The molecule has 6 heteroatoms. The van der Waals surface area contributed by atoms with E-state index >= 15 is 0 Å². The second kappa shape index (κ2) is 7.75. The minimum atomic E-state index is 0.745. The van der Waals surface area contributed by atoms with Crippen LogP contribution >= 0.6 is 15.9 Å². The van der Waals surface area contributed by atoms with Crippen molar-refractivity contribution in [2.24, 2.45) is 0 Å². The highest BCUT2D eigenvalue weighted by Crippen LogP contribution is 2.23. The molecule has 0 saturated heterocycles. The first kappa shape index (κ1) is 16.2. The highest BCUT2D eigenvalue weighted by molar-refractivity contribution is 9.10. The fourth-order valence-electron chi connectivity index (χ4n) is 2.30. The number of hydrogen-bond acceptors (Lipinski definition) is 3. The summed E-state index contributed by atoms with van der Waals surface area (Å²) in [6.07, 6.45) is 4.11. The van der Waals surface area contributed by atoms with Crippen molar-refractivity contribution in [2.75, 3.05) is 6.54 Å². The zero-order valence-corrected chi connectivity index (χ0v) is 14.7. The van der Waals surface area contributed by atoms with Crippen molar-refractivity contribution in [3.8, 4) is 0 Å². The van der Waals surface area contributed by atoms with Gasteiger partial charge in [-0.2, -0.15) is 10.2 Å². The van der Waals surface area contributed by atoms with E-state index < -0.39 is 0 Å². The van der Waals surface area contributed by atoms with E-state index in [0.29, 0.717) is 0 Å². The van der Waals surface area contributed by atoms with Gasteiger partial charge in [-0.3, -0.25) is 9.36 Å². The van der Waals surface area contributed by atoms with Gasteiger partial charge in [-0.1, -0.05) is 13.8 Å². The third kappa shape index (κ3) is 3.95. The Morgan fingerprint density at radius 2 is 2.05 bits per heavy atom. The molecule has 2 heterocycles. The number of rotatable bonds is 8. The minimum Gasteiger partial charge on any atom is -0.311 e. The third-order valence-electron chi connectivity index (χ3n) is 3.43. The molecule has 21 heavy (non-hydrogen) atoms. The van der Waals surface area contributed by atoms with Gasteiger partial charge in [0.05, 0.1) is 28.1 Å². The Balaban J connectivity index is 2.09. The Kier molecular flexibility index (Phi) is 5.99. The molecule has 0 aliphatic carbocycles. The van der Waals surface area contributed by atoms with E-state index in [0.717, 1.165) is 54.9 Å². The molecule has 0 aliphatic rings. The first-order valence-electron chi connectivity index (χ1n) is 7.66. The summed E-state index contributed by atoms with van der Waals surface area (Å²) < 4.78 is 5.16. The lowest BCUT2D eigenvalue weighted by molar-refractivity contribution is 0.565. The normalized spacial score (nSPS) is 11.2. The van der Waals surface area contributed by atoms with Crippen molar-refractivity contribution in [2.45, 2.75) is 53.2 Å². The van der Waals surface area contributed by atoms with Crippen LogP contribution in [0.4, 0.5) is 0 Å². The van der Waals surface area contributed by atoms with E-state index in [4.69, 9.17) is 0 Å². The topological polar surface area (TPSA) is 47.7 Å². The number of nitrogens with one attached hydrogen (secondary N) is 1. The summed E-state index contributed by atoms with van der Waals surface area (Å²) in [7, 11) is 0. The summed E-state index contributed by atoms with van der Waals surface area (Å²) in [5.41, 5.74) is 3.38. The lowest BCUT2D eigenvalue weighted by Crippen LogP contribution is -2.15. The molecule has 0 radical (unpaired) electrons. The molecule has 0 spiro atoms. The lowest BCUT2D eigenvalue weighted by atomic mass is 10.3. The molecule has 0 bridgehead atoms. The quantitative estimate of drug-likeness (QED) is 0.742. The third-order valence-corrected chi connectivity index (χ3v) is 4.35. The molecule has 1 N–H and O–H groups in total. The number of halogens is 1. The van der Waals surface area contributed by atoms with E-state index in [9.17, 15) is 0 Å². The van der Waals surface area contributed by atoms with Gasteiger partial charge >= 0.3 is 0 Å². The summed E-state index contributed by atoms with van der Waals surface area (Å²) in [6.45, 7) is 9.89. The Morgan fingerprint density at radius 1 is 1.24 bits per heavy atom. The highest BCUT2D eigenvalue weighted by atomic mass is 79.9. The fourth-order valence-corrected chi connectivity index (χ4v) is 2.99. The van der Waals surface area contributed by atoms with Crippen LogP contribution in [0.25, 0.3) is 0 Å². The molecule has 5 nitrogen and oxygen atoms in total.